The molecule has 0 atom stereocenters. The quantitative estimate of drug-likeness (QED) is 0.699. The van der Waals surface area contributed by atoms with Crippen LogP contribution < -0.4 is 11.5 Å². The Hall–Kier alpha value is -1.18. The SMILES string of the molecule is CCCCc1c(N)ccc(C)c1N. The Labute approximate surface area is 79.9 Å². The molecule has 0 aromatic heterocycles. The van der Waals surface area contributed by atoms with Crippen LogP contribution in [0.2, 0.25) is 0 Å². The number of hydrogen-bond donors (Lipinski definition) is 2. The van der Waals surface area contributed by atoms with Crippen molar-refractivity contribution in [2.75, 3.05) is 11.5 Å². The van der Waals surface area contributed by atoms with Crippen LogP contribution in [-0.4, -0.2) is 0 Å². The molecule has 2 heteroatoms. The molecule has 0 spiro atoms. The summed E-state index contributed by atoms with van der Waals surface area (Å²) in [6, 6.07) is 3.91. The summed E-state index contributed by atoms with van der Waals surface area (Å²) in [5.41, 5.74) is 15.7. The van der Waals surface area contributed by atoms with Crippen molar-refractivity contribution in [1.82, 2.24) is 0 Å². The van der Waals surface area contributed by atoms with Crippen LogP contribution in [0.1, 0.15) is 30.9 Å². The second kappa shape index (κ2) is 4.17. The first-order valence-corrected chi connectivity index (χ1v) is 4.80. The molecule has 0 amide bonds. The minimum atomic E-state index is 0.830. The predicted octanol–water partition coefficient (Wildman–Crippen LogP) is 2.50. The van der Waals surface area contributed by atoms with E-state index in [1.165, 1.54) is 6.42 Å². The summed E-state index contributed by atoms with van der Waals surface area (Å²) in [5.74, 6) is 0. The van der Waals surface area contributed by atoms with E-state index >= 15 is 0 Å². The fourth-order valence-corrected chi connectivity index (χ4v) is 1.43. The van der Waals surface area contributed by atoms with Gasteiger partial charge in [0.2, 0.25) is 0 Å². The first-order chi connectivity index (χ1) is 6.16. The third kappa shape index (κ3) is 2.14. The van der Waals surface area contributed by atoms with Gasteiger partial charge in [0.1, 0.15) is 0 Å². The molecule has 0 fully saturated rings. The van der Waals surface area contributed by atoms with Crippen molar-refractivity contribution in [1.29, 1.82) is 0 Å². The van der Waals surface area contributed by atoms with Gasteiger partial charge < -0.3 is 11.5 Å². The van der Waals surface area contributed by atoms with E-state index in [9.17, 15) is 0 Å². The van der Waals surface area contributed by atoms with Crippen LogP contribution in [0.25, 0.3) is 0 Å². The lowest BCUT2D eigenvalue weighted by Crippen LogP contribution is -2.02. The molecule has 1 aromatic rings. The van der Waals surface area contributed by atoms with E-state index in [0.29, 0.717) is 0 Å². The fraction of sp³-hybridized carbons (Fsp3) is 0.455. The molecule has 0 aliphatic rings. The van der Waals surface area contributed by atoms with E-state index in [1.54, 1.807) is 0 Å². The first kappa shape index (κ1) is 9.90. The number of benzene rings is 1. The number of anilines is 2. The molecular weight excluding hydrogens is 160 g/mol. The zero-order chi connectivity index (χ0) is 9.84. The van der Waals surface area contributed by atoms with E-state index in [4.69, 9.17) is 11.5 Å². The highest BCUT2D eigenvalue weighted by atomic mass is 14.6. The third-order valence-corrected chi connectivity index (χ3v) is 2.39. The number of unbranched alkanes of at least 4 members (excludes halogenated alkanes) is 1. The Bertz CT molecular complexity index is 292. The molecule has 72 valence electrons. The molecular formula is C11H18N2. The van der Waals surface area contributed by atoms with Crippen LogP contribution in [0.4, 0.5) is 11.4 Å². The Balaban J connectivity index is 2.96. The molecule has 0 saturated carbocycles. The van der Waals surface area contributed by atoms with E-state index in [0.717, 1.165) is 35.3 Å². The maximum Gasteiger partial charge on any atom is 0.0397 e. The van der Waals surface area contributed by atoms with Gasteiger partial charge in [-0.1, -0.05) is 19.4 Å². The molecule has 13 heavy (non-hydrogen) atoms. The molecule has 0 bridgehead atoms. The van der Waals surface area contributed by atoms with Crippen LogP contribution in [0, 0.1) is 6.92 Å². The van der Waals surface area contributed by atoms with Gasteiger partial charge in [0.05, 0.1) is 0 Å². The summed E-state index contributed by atoms with van der Waals surface area (Å²) in [5, 5.41) is 0. The summed E-state index contributed by atoms with van der Waals surface area (Å²) in [6.45, 7) is 4.19. The average Bonchev–Trinajstić information content (AvgIpc) is 2.12. The Kier molecular flexibility index (Phi) is 3.18. The van der Waals surface area contributed by atoms with Gasteiger partial charge in [0.25, 0.3) is 0 Å². The Morgan fingerprint density at radius 1 is 1.23 bits per heavy atom. The Morgan fingerprint density at radius 3 is 2.54 bits per heavy atom. The van der Waals surface area contributed by atoms with E-state index in [1.807, 2.05) is 19.1 Å². The molecule has 0 aliphatic carbocycles. The van der Waals surface area contributed by atoms with Gasteiger partial charge in [0.15, 0.2) is 0 Å². The lowest BCUT2D eigenvalue weighted by molar-refractivity contribution is 0.797. The summed E-state index contributed by atoms with van der Waals surface area (Å²) in [6.07, 6.45) is 3.32. The number of hydrogen-bond acceptors (Lipinski definition) is 2. The lowest BCUT2D eigenvalue weighted by Gasteiger charge is -2.10. The minimum Gasteiger partial charge on any atom is -0.398 e. The zero-order valence-electron chi connectivity index (χ0n) is 8.43. The number of nitrogen functional groups attached to an aromatic ring is 2. The minimum absolute atomic E-state index is 0.830. The van der Waals surface area contributed by atoms with Crippen LogP contribution in [0.15, 0.2) is 12.1 Å². The van der Waals surface area contributed by atoms with Crippen molar-refractivity contribution in [2.24, 2.45) is 0 Å². The van der Waals surface area contributed by atoms with Crippen molar-refractivity contribution >= 4 is 11.4 Å². The third-order valence-electron chi connectivity index (χ3n) is 2.39. The number of rotatable bonds is 3. The maximum absolute atomic E-state index is 5.94. The number of nitrogens with two attached hydrogens (primary N) is 2. The van der Waals surface area contributed by atoms with Gasteiger partial charge in [-0.2, -0.15) is 0 Å². The average molecular weight is 178 g/mol. The number of aryl methyl sites for hydroxylation is 1. The molecule has 0 saturated heterocycles. The van der Waals surface area contributed by atoms with E-state index < -0.39 is 0 Å². The lowest BCUT2D eigenvalue weighted by atomic mass is 10.0. The van der Waals surface area contributed by atoms with Gasteiger partial charge in [-0.05, 0) is 37.0 Å². The van der Waals surface area contributed by atoms with E-state index in [2.05, 4.69) is 6.92 Å². The van der Waals surface area contributed by atoms with Gasteiger partial charge >= 0.3 is 0 Å². The standard InChI is InChI=1S/C11H18N2/c1-3-4-5-9-10(12)7-6-8(2)11(9)13/h6-7H,3-5,12-13H2,1-2H3. The predicted molar refractivity (Wildman–Crippen MR) is 58.6 cm³/mol. The smallest absolute Gasteiger partial charge is 0.0397 e. The van der Waals surface area contributed by atoms with Crippen LogP contribution >= 0.6 is 0 Å². The second-order valence-electron chi connectivity index (χ2n) is 3.47. The summed E-state index contributed by atoms with van der Waals surface area (Å²) in [7, 11) is 0. The molecule has 0 heterocycles. The zero-order valence-corrected chi connectivity index (χ0v) is 8.43. The highest BCUT2D eigenvalue weighted by molar-refractivity contribution is 5.65. The summed E-state index contributed by atoms with van der Waals surface area (Å²) >= 11 is 0. The highest BCUT2D eigenvalue weighted by Crippen LogP contribution is 2.24. The van der Waals surface area contributed by atoms with Crippen LogP contribution in [0.3, 0.4) is 0 Å². The monoisotopic (exact) mass is 178 g/mol. The molecule has 0 radical (unpaired) electrons. The molecule has 1 aromatic carbocycles. The van der Waals surface area contributed by atoms with Crippen molar-refractivity contribution in [3.63, 3.8) is 0 Å². The normalized spacial score (nSPS) is 10.3. The summed E-state index contributed by atoms with van der Waals surface area (Å²) < 4.78 is 0. The second-order valence-corrected chi connectivity index (χ2v) is 3.47. The molecule has 4 N–H and O–H groups in total. The van der Waals surface area contributed by atoms with E-state index in [-0.39, 0.29) is 0 Å². The topological polar surface area (TPSA) is 52.0 Å². The van der Waals surface area contributed by atoms with Crippen LogP contribution in [-0.2, 0) is 6.42 Å². The molecule has 0 unspecified atom stereocenters. The molecule has 1 rings (SSSR count). The Morgan fingerprint density at radius 2 is 1.92 bits per heavy atom. The van der Waals surface area contributed by atoms with Crippen molar-refractivity contribution in [3.05, 3.63) is 23.3 Å². The van der Waals surface area contributed by atoms with Crippen molar-refractivity contribution < 1.29 is 0 Å². The molecule has 0 aliphatic heterocycles. The summed E-state index contributed by atoms with van der Waals surface area (Å²) in [4.78, 5) is 0. The largest absolute Gasteiger partial charge is 0.398 e. The maximum atomic E-state index is 5.94. The van der Waals surface area contributed by atoms with Gasteiger partial charge in [-0.25, -0.2) is 0 Å². The first-order valence-electron chi connectivity index (χ1n) is 4.80. The van der Waals surface area contributed by atoms with Crippen molar-refractivity contribution in [2.45, 2.75) is 33.1 Å². The van der Waals surface area contributed by atoms with Crippen molar-refractivity contribution in [3.8, 4) is 0 Å². The molecule has 2 nitrogen and oxygen atoms in total. The fourth-order valence-electron chi connectivity index (χ4n) is 1.43. The van der Waals surface area contributed by atoms with Crippen LogP contribution in [0.5, 0.6) is 0 Å². The van der Waals surface area contributed by atoms with Gasteiger partial charge in [0, 0.05) is 11.4 Å². The highest BCUT2D eigenvalue weighted by Gasteiger charge is 2.05. The van der Waals surface area contributed by atoms with Gasteiger partial charge in [-0.15, -0.1) is 0 Å². The van der Waals surface area contributed by atoms with Gasteiger partial charge in [-0.3, -0.25) is 0 Å².